The summed E-state index contributed by atoms with van der Waals surface area (Å²) in [6.07, 6.45) is 2.31. The molecule has 0 N–H and O–H groups in total. The summed E-state index contributed by atoms with van der Waals surface area (Å²) in [6, 6.07) is 16.7. The van der Waals surface area contributed by atoms with E-state index in [2.05, 4.69) is 9.84 Å². The highest BCUT2D eigenvalue weighted by Gasteiger charge is 2.30. The molecule has 0 unspecified atom stereocenters. The Kier molecular flexibility index (Phi) is 4.88. The second kappa shape index (κ2) is 7.45. The summed E-state index contributed by atoms with van der Waals surface area (Å²) in [5, 5.41) is 5.38. The summed E-state index contributed by atoms with van der Waals surface area (Å²) < 4.78 is 30.7. The number of hydrogen-bond donors (Lipinski definition) is 0. The maximum absolute atomic E-state index is 12.2. The van der Waals surface area contributed by atoms with Crippen molar-refractivity contribution >= 4 is 11.8 Å². The Balaban J connectivity index is 1.47. The maximum Gasteiger partial charge on any atom is 0.387 e. The highest BCUT2D eigenvalue weighted by molar-refractivity contribution is 7.98. The van der Waals surface area contributed by atoms with E-state index in [4.69, 9.17) is 4.98 Å². The average molecular weight is 373 g/mol. The number of para-hydroxylation sites is 1. The van der Waals surface area contributed by atoms with Gasteiger partial charge >= 0.3 is 6.61 Å². The molecule has 1 saturated carbocycles. The number of halogens is 2. The van der Waals surface area contributed by atoms with Crippen LogP contribution in [0.2, 0.25) is 0 Å². The first kappa shape index (κ1) is 17.0. The van der Waals surface area contributed by atoms with E-state index >= 15 is 0 Å². The Morgan fingerprint density at radius 1 is 1.08 bits per heavy atom. The molecule has 134 valence electrons. The van der Waals surface area contributed by atoms with Crippen molar-refractivity contribution in [3.8, 4) is 11.4 Å². The van der Waals surface area contributed by atoms with Crippen molar-refractivity contribution in [2.45, 2.75) is 36.3 Å². The van der Waals surface area contributed by atoms with Gasteiger partial charge in [-0.05, 0) is 42.7 Å². The van der Waals surface area contributed by atoms with Crippen LogP contribution in [0.4, 0.5) is 8.78 Å². The second-order valence-corrected chi connectivity index (χ2v) is 7.03. The molecular formula is C19H17F2N3OS. The van der Waals surface area contributed by atoms with Gasteiger partial charge in [0.15, 0.2) is 0 Å². The van der Waals surface area contributed by atoms with Crippen LogP contribution in [0.5, 0.6) is 5.75 Å². The van der Waals surface area contributed by atoms with Gasteiger partial charge < -0.3 is 4.74 Å². The predicted molar refractivity (Wildman–Crippen MR) is 96.0 cm³/mol. The zero-order valence-corrected chi connectivity index (χ0v) is 14.7. The topological polar surface area (TPSA) is 39.9 Å². The van der Waals surface area contributed by atoms with E-state index in [1.54, 1.807) is 24.3 Å². The molecule has 0 radical (unpaired) electrons. The van der Waals surface area contributed by atoms with E-state index in [9.17, 15) is 8.78 Å². The highest BCUT2D eigenvalue weighted by atomic mass is 32.2. The molecule has 0 atom stereocenters. The van der Waals surface area contributed by atoms with Crippen LogP contribution in [0, 0.1) is 0 Å². The molecule has 4 nitrogen and oxygen atoms in total. The molecule has 1 fully saturated rings. The lowest BCUT2D eigenvalue weighted by Crippen LogP contribution is -2.01. The third-order valence-corrected chi connectivity index (χ3v) is 4.98. The van der Waals surface area contributed by atoms with E-state index in [1.165, 1.54) is 11.8 Å². The lowest BCUT2D eigenvalue weighted by Gasteiger charge is -2.05. The molecule has 0 amide bonds. The zero-order valence-electron chi connectivity index (χ0n) is 13.9. The molecule has 2 aromatic carbocycles. The van der Waals surface area contributed by atoms with E-state index in [1.807, 2.05) is 35.0 Å². The van der Waals surface area contributed by atoms with Gasteiger partial charge in [0.2, 0.25) is 5.16 Å². The van der Waals surface area contributed by atoms with Crippen molar-refractivity contribution in [2.75, 3.05) is 0 Å². The molecule has 7 heteroatoms. The first-order valence-corrected chi connectivity index (χ1v) is 9.36. The molecule has 1 aliphatic carbocycles. The van der Waals surface area contributed by atoms with Gasteiger partial charge in [0.25, 0.3) is 0 Å². The van der Waals surface area contributed by atoms with Crippen molar-refractivity contribution < 1.29 is 13.5 Å². The van der Waals surface area contributed by atoms with Crippen molar-refractivity contribution in [1.29, 1.82) is 0 Å². The number of nitrogens with zero attached hydrogens (tertiary/aromatic N) is 3. The second-order valence-electron chi connectivity index (χ2n) is 6.09. The van der Waals surface area contributed by atoms with E-state index in [-0.39, 0.29) is 5.75 Å². The van der Waals surface area contributed by atoms with Crippen LogP contribution < -0.4 is 4.74 Å². The molecule has 0 bridgehead atoms. The summed E-state index contributed by atoms with van der Waals surface area (Å²) in [6.45, 7) is -2.80. The molecule has 0 saturated heterocycles. The summed E-state index contributed by atoms with van der Waals surface area (Å²) in [5.41, 5.74) is 2.02. The third-order valence-electron chi connectivity index (χ3n) is 4.07. The zero-order chi connectivity index (χ0) is 17.9. The summed E-state index contributed by atoms with van der Waals surface area (Å²) in [7, 11) is 0. The number of hydrogen-bond acceptors (Lipinski definition) is 4. The van der Waals surface area contributed by atoms with Gasteiger partial charge in [0.05, 0.1) is 5.69 Å². The SMILES string of the molecule is FC(F)Oc1ccc(CSc2nc(C3CC3)n(-c3ccccc3)n2)cc1. The lowest BCUT2D eigenvalue weighted by molar-refractivity contribution is -0.0498. The van der Waals surface area contributed by atoms with Gasteiger partial charge in [-0.1, -0.05) is 42.1 Å². The van der Waals surface area contributed by atoms with Crippen LogP contribution in [-0.4, -0.2) is 21.4 Å². The molecule has 1 aliphatic rings. The minimum absolute atomic E-state index is 0.163. The van der Waals surface area contributed by atoms with Gasteiger partial charge in [-0.2, -0.15) is 8.78 Å². The number of alkyl halides is 2. The Bertz CT molecular complexity index is 864. The Hall–Kier alpha value is -2.41. The van der Waals surface area contributed by atoms with Gasteiger partial charge in [0, 0.05) is 11.7 Å². The van der Waals surface area contributed by atoms with Crippen LogP contribution in [0.15, 0.2) is 59.8 Å². The third kappa shape index (κ3) is 4.04. The number of ether oxygens (including phenoxy) is 1. The first-order chi connectivity index (χ1) is 12.7. The Morgan fingerprint density at radius 3 is 2.46 bits per heavy atom. The minimum atomic E-state index is -2.80. The van der Waals surface area contributed by atoms with Gasteiger partial charge in [-0.25, -0.2) is 9.67 Å². The van der Waals surface area contributed by atoms with Crippen molar-refractivity contribution in [3.63, 3.8) is 0 Å². The highest BCUT2D eigenvalue weighted by Crippen LogP contribution is 2.40. The fourth-order valence-electron chi connectivity index (χ4n) is 2.65. The van der Waals surface area contributed by atoms with Crippen molar-refractivity contribution in [3.05, 3.63) is 66.0 Å². The normalized spacial score (nSPS) is 14.0. The molecular weight excluding hydrogens is 356 g/mol. The van der Waals surface area contributed by atoms with Crippen LogP contribution in [0.1, 0.15) is 30.1 Å². The number of rotatable bonds is 7. The quantitative estimate of drug-likeness (QED) is 0.544. The largest absolute Gasteiger partial charge is 0.435 e. The molecule has 0 spiro atoms. The predicted octanol–water partition coefficient (Wildman–Crippen LogP) is 5.04. The van der Waals surface area contributed by atoms with Crippen LogP contribution >= 0.6 is 11.8 Å². The molecule has 1 aromatic heterocycles. The average Bonchev–Trinajstić information content (AvgIpc) is 3.41. The van der Waals surface area contributed by atoms with Crippen molar-refractivity contribution in [2.24, 2.45) is 0 Å². The first-order valence-electron chi connectivity index (χ1n) is 8.38. The Labute approximate surface area is 154 Å². The molecule has 4 rings (SSSR count). The van der Waals surface area contributed by atoms with E-state index in [0.29, 0.717) is 11.7 Å². The van der Waals surface area contributed by atoms with Gasteiger partial charge in [0.1, 0.15) is 11.6 Å². The summed E-state index contributed by atoms with van der Waals surface area (Å²) in [5.74, 6) is 2.33. The fourth-order valence-corrected chi connectivity index (χ4v) is 3.43. The number of aromatic nitrogens is 3. The molecule has 3 aromatic rings. The Morgan fingerprint density at radius 2 is 1.81 bits per heavy atom. The maximum atomic E-state index is 12.2. The molecule has 1 heterocycles. The fraction of sp³-hybridized carbons (Fsp3) is 0.263. The van der Waals surface area contributed by atoms with Crippen molar-refractivity contribution in [1.82, 2.24) is 14.8 Å². The van der Waals surface area contributed by atoms with Crippen LogP contribution in [0.25, 0.3) is 5.69 Å². The van der Waals surface area contributed by atoms with Gasteiger partial charge in [-0.3, -0.25) is 0 Å². The van der Waals surface area contributed by atoms with Crippen LogP contribution in [0.3, 0.4) is 0 Å². The number of thioether (sulfide) groups is 1. The molecule has 0 aliphatic heterocycles. The van der Waals surface area contributed by atoms with E-state index < -0.39 is 6.61 Å². The standard InChI is InChI=1S/C19H17F2N3OS/c20-18(21)25-16-10-6-13(7-11-16)12-26-19-22-17(14-8-9-14)24(23-19)15-4-2-1-3-5-15/h1-7,10-11,14,18H,8-9,12H2. The minimum Gasteiger partial charge on any atom is -0.435 e. The number of benzene rings is 2. The lowest BCUT2D eigenvalue weighted by atomic mass is 10.2. The summed E-state index contributed by atoms with van der Waals surface area (Å²) >= 11 is 1.54. The van der Waals surface area contributed by atoms with Gasteiger partial charge in [-0.15, -0.1) is 5.10 Å². The molecule has 26 heavy (non-hydrogen) atoms. The van der Waals surface area contributed by atoms with E-state index in [0.717, 1.165) is 35.1 Å². The summed E-state index contributed by atoms with van der Waals surface area (Å²) in [4.78, 5) is 4.71. The smallest absolute Gasteiger partial charge is 0.387 e. The van der Waals surface area contributed by atoms with Crippen LogP contribution in [-0.2, 0) is 5.75 Å². The monoisotopic (exact) mass is 373 g/mol.